The Morgan fingerprint density at radius 1 is 0.636 bits per heavy atom. The molecule has 64 valence electrons. The van der Waals surface area contributed by atoms with Crippen LogP contribution in [0.3, 0.4) is 0 Å². The van der Waals surface area contributed by atoms with Crippen molar-refractivity contribution in [3.63, 3.8) is 0 Å². The standard InChI is InChI=1S/8O.2Sb.W/q;;6*-1;;;+6. The van der Waals surface area contributed by atoms with E-state index in [4.69, 9.17) is 26.3 Å². The van der Waals surface area contributed by atoms with Crippen molar-refractivity contribution >= 4 is 40.1 Å². The van der Waals surface area contributed by atoms with Crippen LogP contribution >= 0.6 is 0 Å². The molecular formula is O8Sb2W. The smallest absolute Gasteiger partial charge is 6.00 e. The molecule has 0 radical (unpaired) electrons. The number of hydrogen-bond acceptors (Lipinski definition) is 8. The molecule has 0 atom stereocenters. The van der Waals surface area contributed by atoms with Gasteiger partial charge in [0.05, 0.1) is 0 Å². The zero-order chi connectivity index (χ0) is 9.00. The zero-order valence-electron chi connectivity index (χ0n) is 4.57. The van der Waals surface area contributed by atoms with Crippen LogP contribution in [0.1, 0.15) is 0 Å². The Balaban J connectivity index is -0.000000107. The summed E-state index contributed by atoms with van der Waals surface area (Å²) in [5, 5.41) is 0. The van der Waals surface area contributed by atoms with Gasteiger partial charge in [-0.25, -0.2) is 0 Å². The van der Waals surface area contributed by atoms with Crippen molar-refractivity contribution in [2.75, 3.05) is 0 Å². The monoisotopic (exact) mass is 554 g/mol. The van der Waals surface area contributed by atoms with E-state index in [0.29, 0.717) is 0 Å². The van der Waals surface area contributed by atoms with Crippen LogP contribution in [-0.2, 0) is 27.1 Å². The third-order valence-electron chi connectivity index (χ3n) is 0. The molecule has 0 aromatic rings. The second kappa shape index (κ2) is 7.12. The minimum atomic E-state index is -6.10. The van der Waals surface area contributed by atoms with Gasteiger partial charge in [-0.1, -0.05) is 0 Å². The molecule has 0 rings (SSSR count). The first-order chi connectivity index (χ1) is 4.00. The van der Waals surface area contributed by atoms with E-state index in [0.717, 1.165) is 0 Å². The molecule has 0 aliphatic carbocycles. The Morgan fingerprint density at radius 2 is 0.636 bits per heavy atom. The first-order valence-corrected chi connectivity index (χ1v) is 9.80. The summed E-state index contributed by atoms with van der Waals surface area (Å²) in [6.07, 6.45) is 0. The maximum atomic E-state index is 8.64. The van der Waals surface area contributed by atoms with Gasteiger partial charge < -0.3 is 0 Å². The maximum Gasteiger partial charge on any atom is 6.00 e. The van der Waals surface area contributed by atoms with Crippen molar-refractivity contribution in [2.45, 2.75) is 0 Å². The summed E-state index contributed by atoms with van der Waals surface area (Å²) in [6, 6.07) is 0. The first-order valence-electron chi connectivity index (χ1n) is 1.46. The van der Waals surface area contributed by atoms with Gasteiger partial charge in [0.1, 0.15) is 0 Å². The molecular weight excluding hydrogens is 555 g/mol. The van der Waals surface area contributed by atoms with Crippen LogP contribution in [0.15, 0.2) is 0 Å². The Morgan fingerprint density at radius 3 is 0.636 bits per heavy atom. The summed E-state index contributed by atoms with van der Waals surface area (Å²) < 4.78 is 69.1. The summed E-state index contributed by atoms with van der Waals surface area (Å²) in [5.41, 5.74) is 0. The summed E-state index contributed by atoms with van der Waals surface area (Å²) >= 11 is -12.2. The molecule has 0 unspecified atom stereocenters. The van der Waals surface area contributed by atoms with Crippen LogP contribution in [0.2, 0.25) is 0 Å². The van der Waals surface area contributed by atoms with Crippen molar-refractivity contribution in [3.05, 3.63) is 0 Å². The van der Waals surface area contributed by atoms with Crippen LogP contribution in [-0.4, -0.2) is 40.1 Å². The SMILES string of the molecule is [O]=[Sb]([O-])([O-])[O-].[O]=[Sb]([O-])([O-])[O-].[W+6]. The predicted octanol–water partition coefficient (Wildman–Crippen LogP) is -8.14. The van der Waals surface area contributed by atoms with Crippen LogP contribution in [0, 0.1) is 0 Å². The number of hydrogen-bond donors (Lipinski definition) is 0. The molecule has 11 heteroatoms. The normalized spacial score (nSPS) is 10.7. The average Bonchev–Trinajstić information content (AvgIpc) is 1.12. The van der Waals surface area contributed by atoms with E-state index >= 15 is 0 Å². The molecule has 0 bridgehead atoms. The fourth-order valence-corrected chi connectivity index (χ4v) is 0. The molecule has 0 N–H and O–H groups in total. The Hall–Kier alpha value is 1.68. The molecule has 0 spiro atoms. The molecule has 0 saturated heterocycles. The molecule has 0 fully saturated rings. The summed E-state index contributed by atoms with van der Waals surface area (Å²) in [7, 11) is 0. The molecule has 0 aromatic carbocycles. The van der Waals surface area contributed by atoms with Gasteiger partial charge in [0, 0.05) is 0 Å². The van der Waals surface area contributed by atoms with Gasteiger partial charge in [-0.2, -0.15) is 0 Å². The molecule has 8 nitrogen and oxygen atoms in total. The van der Waals surface area contributed by atoms with E-state index in [1.54, 1.807) is 0 Å². The molecule has 0 heterocycles. The fraction of sp³-hybridized carbons (Fsp3) is 0. The second-order valence-corrected chi connectivity index (χ2v) is 6.00. The molecule has 0 aromatic heterocycles. The molecule has 0 aliphatic rings. The second-order valence-electron chi connectivity index (χ2n) is 0.894. The van der Waals surface area contributed by atoms with E-state index in [9.17, 15) is 0 Å². The average molecular weight is 555 g/mol. The molecule has 0 saturated carbocycles. The van der Waals surface area contributed by atoms with Crippen molar-refractivity contribution in [1.82, 2.24) is 0 Å². The van der Waals surface area contributed by atoms with Gasteiger partial charge in [0.2, 0.25) is 0 Å². The fourth-order valence-electron chi connectivity index (χ4n) is 0. The van der Waals surface area contributed by atoms with Crippen molar-refractivity contribution in [3.8, 4) is 0 Å². The van der Waals surface area contributed by atoms with Crippen LogP contribution < -0.4 is 20.3 Å². The first kappa shape index (κ1) is 18.5. The predicted molar refractivity (Wildman–Crippen MR) is 12.9 cm³/mol. The van der Waals surface area contributed by atoms with Gasteiger partial charge in [0.25, 0.3) is 0 Å². The van der Waals surface area contributed by atoms with Gasteiger partial charge in [0.15, 0.2) is 0 Å². The van der Waals surface area contributed by atoms with Crippen molar-refractivity contribution in [2.24, 2.45) is 0 Å². The topological polar surface area (TPSA) is 172 Å². The third kappa shape index (κ3) is 386. The molecule has 0 amide bonds. The summed E-state index contributed by atoms with van der Waals surface area (Å²) in [4.78, 5) is 0. The Kier molecular flexibility index (Phi) is 12.0. The third-order valence-corrected chi connectivity index (χ3v) is 0. The van der Waals surface area contributed by atoms with Crippen molar-refractivity contribution in [1.29, 1.82) is 0 Å². The maximum absolute atomic E-state index is 8.64. The minimum absolute atomic E-state index is 0. The van der Waals surface area contributed by atoms with Gasteiger partial charge in [-0.15, -0.1) is 0 Å². The van der Waals surface area contributed by atoms with E-state index in [2.05, 4.69) is 0 Å². The minimum Gasteiger partial charge on any atom is 6.00 e. The van der Waals surface area contributed by atoms with E-state index in [1.807, 2.05) is 0 Å². The van der Waals surface area contributed by atoms with Crippen LogP contribution in [0.5, 0.6) is 0 Å². The van der Waals surface area contributed by atoms with Crippen LogP contribution in [0.4, 0.5) is 0 Å². The van der Waals surface area contributed by atoms with E-state index in [1.165, 1.54) is 0 Å². The van der Waals surface area contributed by atoms with Gasteiger partial charge >= 0.3 is 87.5 Å². The Labute approximate surface area is 86.5 Å². The summed E-state index contributed by atoms with van der Waals surface area (Å²) in [6.45, 7) is 0. The Bertz CT molecular complexity index is 124. The zero-order valence-corrected chi connectivity index (χ0v) is 12.6. The summed E-state index contributed by atoms with van der Waals surface area (Å²) in [5.74, 6) is 0. The largest absolute Gasteiger partial charge is 6.00 e. The number of rotatable bonds is 0. The van der Waals surface area contributed by atoms with Crippen molar-refractivity contribution < 1.29 is 47.4 Å². The molecule has 0 aliphatic heterocycles. The van der Waals surface area contributed by atoms with E-state index < -0.39 is 40.1 Å². The quantitative estimate of drug-likeness (QED) is 0.265. The molecule has 11 heavy (non-hydrogen) atoms. The van der Waals surface area contributed by atoms with Crippen LogP contribution in [0.25, 0.3) is 0 Å². The van der Waals surface area contributed by atoms with Gasteiger partial charge in [-0.3, -0.25) is 0 Å². The van der Waals surface area contributed by atoms with Gasteiger partial charge in [-0.05, 0) is 0 Å². The van der Waals surface area contributed by atoms with E-state index in [-0.39, 0.29) is 21.1 Å².